The van der Waals surface area contributed by atoms with E-state index in [4.69, 9.17) is 0 Å². The number of nitrogens with zero attached hydrogens (tertiary/aromatic N) is 2. The maximum Gasteiger partial charge on any atom is 0.215 e. The molecule has 0 spiro atoms. The molecule has 0 unspecified atom stereocenters. The molecule has 0 radical (unpaired) electrons. The number of aliphatic hydroxyl groups is 1. The van der Waals surface area contributed by atoms with Gasteiger partial charge >= 0.3 is 0 Å². The SMILES string of the molecule is O=C(C=C(O)c1nc[nH]n1)c1cscc1Cc1ccc(F)cc1. The highest BCUT2D eigenvalue weighted by Crippen LogP contribution is 2.21. The molecule has 3 rings (SSSR count). The van der Waals surface area contributed by atoms with E-state index in [0.29, 0.717) is 12.0 Å². The van der Waals surface area contributed by atoms with E-state index in [1.54, 1.807) is 17.5 Å². The van der Waals surface area contributed by atoms with Gasteiger partial charge in [-0.3, -0.25) is 9.89 Å². The van der Waals surface area contributed by atoms with Gasteiger partial charge in [-0.2, -0.15) is 16.4 Å². The molecule has 0 saturated carbocycles. The van der Waals surface area contributed by atoms with Crippen molar-refractivity contribution in [1.29, 1.82) is 0 Å². The van der Waals surface area contributed by atoms with Crippen LogP contribution < -0.4 is 0 Å². The van der Waals surface area contributed by atoms with Crippen molar-refractivity contribution >= 4 is 22.9 Å². The standard InChI is InChI=1S/C16H12FN3O2S/c17-12-3-1-10(2-4-12)5-11-7-23-8-13(11)14(21)6-15(22)16-18-9-19-20-16/h1-4,6-9,22H,5H2,(H,18,19,20). The number of ketones is 1. The fraction of sp³-hybridized carbons (Fsp3) is 0.0625. The topological polar surface area (TPSA) is 78.9 Å². The predicted molar refractivity (Wildman–Crippen MR) is 84.8 cm³/mol. The molecule has 0 fully saturated rings. The summed E-state index contributed by atoms with van der Waals surface area (Å²) in [5.41, 5.74) is 2.23. The summed E-state index contributed by atoms with van der Waals surface area (Å²) in [7, 11) is 0. The largest absolute Gasteiger partial charge is 0.504 e. The number of thiophene rings is 1. The lowest BCUT2D eigenvalue weighted by atomic mass is 10.0. The van der Waals surface area contributed by atoms with Crippen LogP contribution in [0.3, 0.4) is 0 Å². The van der Waals surface area contributed by atoms with Crippen molar-refractivity contribution in [1.82, 2.24) is 15.2 Å². The van der Waals surface area contributed by atoms with E-state index in [9.17, 15) is 14.3 Å². The number of rotatable bonds is 5. The van der Waals surface area contributed by atoms with Gasteiger partial charge in [0.25, 0.3) is 0 Å². The smallest absolute Gasteiger partial charge is 0.215 e. The zero-order valence-electron chi connectivity index (χ0n) is 11.9. The lowest BCUT2D eigenvalue weighted by Crippen LogP contribution is -2.00. The first-order valence-electron chi connectivity index (χ1n) is 6.74. The maximum absolute atomic E-state index is 12.9. The number of aromatic amines is 1. The Morgan fingerprint density at radius 1 is 1.30 bits per heavy atom. The molecule has 116 valence electrons. The first-order chi connectivity index (χ1) is 11.1. The number of benzene rings is 1. The Kier molecular flexibility index (Phi) is 4.29. The minimum absolute atomic E-state index is 0.0636. The molecular formula is C16H12FN3O2S. The Labute approximate surface area is 135 Å². The van der Waals surface area contributed by atoms with E-state index >= 15 is 0 Å². The van der Waals surface area contributed by atoms with E-state index in [2.05, 4.69) is 15.2 Å². The number of hydrogen-bond acceptors (Lipinski definition) is 5. The first kappa shape index (κ1) is 15.1. The molecule has 0 aliphatic carbocycles. The van der Waals surface area contributed by atoms with Gasteiger partial charge in [-0.15, -0.1) is 0 Å². The highest BCUT2D eigenvalue weighted by atomic mass is 32.1. The van der Waals surface area contributed by atoms with E-state index in [1.165, 1.54) is 29.8 Å². The molecule has 1 aromatic carbocycles. The molecule has 0 aliphatic rings. The van der Waals surface area contributed by atoms with Crippen molar-refractivity contribution < 1.29 is 14.3 Å². The summed E-state index contributed by atoms with van der Waals surface area (Å²) in [6.45, 7) is 0. The lowest BCUT2D eigenvalue weighted by molar-refractivity contribution is 0.104. The molecule has 5 nitrogen and oxygen atoms in total. The third kappa shape index (κ3) is 3.51. The fourth-order valence-corrected chi connectivity index (χ4v) is 2.94. The zero-order valence-corrected chi connectivity index (χ0v) is 12.7. The fourth-order valence-electron chi connectivity index (χ4n) is 2.10. The summed E-state index contributed by atoms with van der Waals surface area (Å²) in [6, 6.07) is 6.14. The maximum atomic E-state index is 12.9. The molecule has 2 N–H and O–H groups in total. The van der Waals surface area contributed by atoms with Crippen molar-refractivity contribution in [3.63, 3.8) is 0 Å². The minimum Gasteiger partial charge on any atom is -0.504 e. The van der Waals surface area contributed by atoms with Crippen LogP contribution in [0, 0.1) is 5.82 Å². The van der Waals surface area contributed by atoms with Crippen molar-refractivity contribution in [2.24, 2.45) is 0 Å². The average Bonchev–Trinajstić information content (AvgIpc) is 3.20. The van der Waals surface area contributed by atoms with Gasteiger partial charge in [0, 0.05) is 17.0 Å². The average molecular weight is 329 g/mol. The Morgan fingerprint density at radius 3 is 2.78 bits per heavy atom. The molecule has 0 aliphatic heterocycles. The first-order valence-corrected chi connectivity index (χ1v) is 7.68. The molecule has 2 heterocycles. The summed E-state index contributed by atoms with van der Waals surface area (Å²) >= 11 is 1.40. The van der Waals surface area contributed by atoms with Gasteiger partial charge in [0.05, 0.1) is 0 Å². The highest BCUT2D eigenvalue weighted by Gasteiger charge is 2.14. The number of carbonyl (C=O) groups is 1. The molecule has 23 heavy (non-hydrogen) atoms. The van der Waals surface area contributed by atoms with Crippen LogP contribution in [0.25, 0.3) is 5.76 Å². The van der Waals surface area contributed by atoms with Crippen molar-refractivity contribution in [2.45, 2.75) is 6.42 Å². The monoisotopic (exact) mass is 329 g/mol. The molecular weight excluding hydrogens is 317 g/mol. The summed E-state index contributed by atoms with van der Waals surface area (Å²) < 4.78 is 12.9. The molecule has 0 atom stereocenters. The molecule has 0 bridgehead atoms. The Balaban J connectivity index is 1.81. The van der Waals surface area contributed by atoms with Crippen LogP contribution in [-0.4, -0.2) is 26.1 Å². The second kappa shape index (κ2) is 6.53. The van der Waals surface area contributed by atoms with Crippen molar-refractivity contribution in [3.8, 4) is 0 Å². The second-order valence-corrected chi connectivity index (χ2v) is 5.57. The number of allylic oxidation sites excluding steroid dienone is 1. The van der Waals surface area contributed by atoms with Crippen molar-refractivity contribution in [3.05, 3.63) is 75.8 Å². The number of carbonyl (C=O) groups excluding carboxylic acids is 1. The minimum atomic E-state index is -0.328. The normalized spacial score (nSPS) is 11.6. The molecule has 3 aromatic rings. The lowest BCUT2D eigenvalue weighted by Gasteiger charge is -2.02. The number of aliphatic hydroxyl groups excluding tert-OH is 1. The molecule has 0 amide bonds. The Hall–Kier alpha value is -2.80. The van der Waals surface area contributed by atoms with Crippen LogP contribution in [0.2, 0.25) is 0 Å². The van der Waals surface area contributed by atoms with Gasteiger partial charge < -0.3 is 5.11 Å². The van der Waals surface area contributed by atoms with E-state index < -0.39 is 0 Å². The molecule has 2 aromatic heterocycles. The van der Waals surface area contributed by atoms with Gasteiger partial charge in [-0.25, -0.2) is 9.37 Å². The van der Waals surface area contributed by atoms with E-state index in [0.717, 1.165) is 17.2 Å². The van der Waals surface area contributed by atoms with Crippen LogP contribution in [0.15, 0.2) is 47.4 Å². The van der Waals surface area contributed by atoms with Gasteiger partial charge in [-0.05, 0) is 35.1 Å². The Bertz CT molecular complexity index is 839. The third-order valence-corrected chi connectivity index (χ3v) is 4.02. The quantitative estimate of drug-likeness (QED) is 0.427. The van der Waals surface area contributed by atoms with Crippen LogP contribution in [0.1, 0.15) is 27.3 Å². The third-order valence-electron chi connectivity index (χ3n) is 3.23. The van der Waals surface area contributed by atoms with Crippen LogP contribution in [0.4, 0.5) is 4.39 Å². The van der Waals surface area contributed by atoms with Crippen LogP contribution in [0.5, 0.6) is 0 Å². The number of halogens is 1. The predicted octanol–water partition coefficient (Wildman–Crippen LogP) is 3.38. The van der Waals surface area contributed by atoms with Gasteiger partial charge in [0.2, 0.25) is 5.82 Å². The number of nitrogens with one attached hydrogen (secondary N) is 1. The zero-order chi connectivity index (χ0) is 16.2. The number of H-pyrrole nitrogens is 1. The van der Waals surface area contributed by atoms with E-state index in [1.807, 2.05) is 5.38 Å². The van der Waals surface area contributed by atoms with E-state index in [-0.39, 0.29) is 23.2 Å². The van der Waals surface area contributed by atoms with Gasteiger partial charge in [0.1, 0.15) is 12.1 Å². The summed E-state index contributed by atoms with van der Waals surface area (Å²) in [4.78, 5) is 16.1. The summed E-state index contributed by atoms with van der Waals surface area (Å²) in [5, 5.41) is 19.6. The van der Waals surface area contributed by atoms with Crippen molar-refractivity contribution in [2.75, 3.05) is 0 Å². The summed E-state index contributed by atoms with van der Waals surface area (Å²) in [6.07, 6.45) is 2.92. The molecule has 7 heteroatoms. The second-order valence-electron chi connectivity index (χ2n) is 4.83. The van der Waals surface area contributed by atoms with Crippen LogP contribution in [-0.2, 0) is 6.42 Å². The summed E-state index contributed by atoms with van der Waals surface area (Å²) in [5.74, 6) is -0.857. The number of hydrogen-bond donors (Lipinski definition) is 2. The Morgan fingerprint density at radius 2 is 2.09 bits per heavy atom. The van der Waals surface area contributed by atoms with Crippen LogP contribution >= 0.6 is 11.3 Å². The highest BCUT2D eigenvalue weighted by molar-refractivity contribution is 7.08. The number of aromatic nitrogens is 3. The van der Waals surface area contributed by atoms with Gasteiger partial charge in [0.15, 0.2) is 11.5 Å². The van der Waals surface area contributed by atoms with Gasteiger partial charge in [-0.1, -0.05) is 12.1 Å². The molecule has 0 saturated heterocycles.